The SMILES string of the molecule is C=CCn1c(CNc2cccc(Cl)c2)n[nH]c1=S. The first-order chi connectivity index (χ1) is 8.70. The Balaban J connectivity index is 2.10. The van der Waals surface area contributed by atoms with Crippen LogP contribution in [0.15, 0.2) is 36.9 Å². The van der Waals surface area contributed by atoms with Gasteiger partial charge >= 0.3 is 0 Å². The predicted octanol–water partition coefficient (Wildman–Crippen LogP) is 3.39. The molecule has 4 nitrogen and oxygen atoms in total. The number of hydrogen-bond donors (Lipinski definition) is 2. The highest BCUT2D eigenvalue weighted by atomic mass is 35.5. The molecule has 0 radical (unpaired) electrons. The Morgan fingerprint density at radius 3 is 3.11 bits per heavy atom. The number of allylic oxidation sites excluding steroid dienone is 1. The van der Waals surface area contributed by atoms with Crippen LogP contribution in [0.2, 0.25) is 5.02 Å². The average Bonchev–Trinajstić information content (AvgIpc) is 2.69. The number of aromatic nitrogens is 3. The van der Waals surface area contributed by atoms with Gasteiger partial charge in [-0.2, -0.15) is 5.10 Å². The van der Waals surface area contributed by atoms with E-state index in [1.807, 2.05) is 28.8 Å². The summed E-state index contributed by atoms with van der Waals surface area (Å²) in [5, 5.41) is 10.9. The van der Waals surface area contributed by atoms with E-state index in [-0.39, 0.29) is 0 Å². The fraction of sp³-hybridized carbons (Fsp3) is 0.167. The van der Waals surface area contributed by atoms with Crippen LogP contribution in [0.5, 0.6) is 0 Å². The van der Waals surface area contributed by atoms with E-state index in [9.17, 15) is 0 Å². The van der Waals surface area contributed by atoms with Crippen molar-refractivity contribution in [2.75, 3.05) is 5.32 Å². The van der Waals surface area contributed by atoms with Gasteiger partial charge in [0.2, 0.25) is 0 Å². The van der Waals surface area contributed by atoms with Crippen LogP contribution in [0.3, 0.4) is 0 Å². The smallest absolute Gasteiger partial charge is 0.195 e. The second-order valence-electron chi connectivity index (χ2n) is 3.71. The van der Waals surface area contributed by atoms with Crippen LogP contribution >= 0.6 is 23.8 Å². The van der Waals surface area contributed by atoms with Crippen molar-refractivity contribution < 1.29 is 0 Å². The highest BCUT2D eigenvalue weighted by Crippen LogP contribution is 2.15. The Hall–Kier alpha value is -1.59. The average molecular weight is 281 g/mol. The van der Waals surface area contributed by atoms with Crippen LogP contribution < -0.4 is 5.32 Å². The molecule has 0 fully saturated rings. The van der Waals surface area contributed by atoms with E-state index in [2.05, 4.69) is 22.1 Å². The lowest BCUT2D eigenvalue weighted by molar-refractivity contribution is 0.744. The number of hydrogen-bond acceptors (Lipinski definition) is 3. The molecule has 94 valence electrons. The molecular formula is C12H13ClN4S. The Kier molecular flexibility index (Phi) is 4.17. The molecule has 0 aliphatic heterocycles. The zero-order valence-electron chi connectivity index (χ0n) is 9.69. The third-order valence-electron chi connectivity index (χ3n) is 2.42. The molecule has 2 N–H and O–H groups in total. The van der Waals surface area contributed by atoms with Crippen LogP contribution in [0, 0.1) is 4.77 Å². The largest absolute Gasteiger partial charge is 0.378 e. The van der Waals surface area contributed by atoms with Gasteiger partial charge in [-0.1, -0.05) is 23.7 Å². The molecule has 0 bridgehead atoms. The Morgan fingerprint density at radius 2 is 2.39 bits per heavy atom. The summed E-state index contributed by atoms with van der Waals surface area (Å²) < 4.78 is 2.48. The summed E-state index contributed by atoms with van der Waals surface area (Å²) in [6, 6.07) is 7.54. The maximum absolute atomic E-state index is 5.91. The molecule has 0 spiro atoms. The molecule has 6 heteroatoms. The number of rotatable bonds is 5. The van der Waals surface area contributed by atoms with Crippen molar-refractivity contribution in [3.63, 3.8) is 0 Å². The standard InChI is InChI=1S/C12H13ClN4S/c1-2-6-17-11(15-16-12(17)18)8-14-10-5-3-4-9(13)7-10/h2-5,7,14H,1,6,8H2,(H,16,18). The summed E-state index contributed by atoms with van der Waals surface area (Å²) in [5.74, 6) is 0.833. The molecule has 0 aliphatic carbocycles. The van der Waals surface area contributed by atoms with Gasteiger partial charge in [-0.05, 0) is 30.4 Å². The zero-order valence-corrected chi connectivity index (χ0v) is 11.3. The van der Waals surface area contributed by atoms with Gasteiger partial charge in [-0.15, -0.1) is 6.58 Å². The van der Waals surface area contributed by atoms with E-state index in [1.54, 1.807) is 6.08 Å². The molecule has 0 aliphatic rings. The molecule has 2 aromatic rings. The number of H-pyrrole nitrogens is 1. The van der Waals surface area contributed by atoms with Crippen molar-refractivity contribution in [2.24, 2.45) is 0 Å². The van der Waals surface area contributed by atoms with Crippen molar-refractivity contribution >= 4 is 29.5 Å². The van der Waals surface area contributed by atoms with E-state index in [0.717, 1.165) is 11.5 Å². The van der Waals surface area contributed by atoms with E-state index >= 15 is 0 Å². The minimum absolute atomic E-state index is 0.571. The Bertz CT molecular complexity index is 602. The van der Waals surface area contributed by atoms with Crippen molar-refractivity contribution in [3.8, 4) is 0 Å². The number of anilines is 1. The second-order valence-corrected chi connectivity index (χ2v) is 4.53. The van der Waals surface area contributed by atoms with Crippen molar-refractivity contribution in [2.45, 2.75) is 13.1 Å². The molecule has 18 heavy (non-hydrogen) atoms. The maximum atomic E-state index is 5.91. The quantitative estimate of drug-likeness (QED) is 0.652. The molecule has 0 saturated carbocycles. The van der Waals surface area contributed by atoms with E-state index in [0.29, 0.717) is 22.9 Å². The first-order valence-corrected chi connectivity index (χ1v) is 6.23. The molecule has 1 aromatic heterocycles. The fourth-order valence-electron chi connectivity index (χ4n) is 1.58. The maximum Gasteiger partial charge on any atom is 0.195 e. The normalized spacial score (nSPS) is 10.3. The highest BCUT2D eigenvalue weighted by Gasteiger charge is 2.04. The number of aromatic amines is 1. The monoisotopic (exact) mass is 280 g/mol. The molecule has 1 aromatic carbocycles. The van der Waals surface area contributed by atoms with E-state index in [1.165, 1.54) is 0 Å². The summed E-state index contributed by atoms with van der Waals surface area (Å²) in [6.45, 7) is 4.91. The number of halogens is 1. The summed E-state index contributed by atoms with van der Waals surface area (Å²) >= 11 is 11.1. The van der Waals surface area contributed by atoms with Gasteiger partial charge in [0.25, 0.3) is 0 Å². The summed E-state index contributed by atoms with van der Waals surface area (Å²) in [4.78, 5) is 0. The molecule has 1 heterocycles. The van der Waals surface area contributed by atoms with Crippen LogP contribution in [0.4, 0.5) is 5.69 Å². The van der Waals surface area contributed by atoms with Crippen molar-refractivity contribution in [1.29, 1.82) is 0 Å². The van der Waals surface area contributed by atoms with Crippen molar-refractivity contribution in [3.05, 3.63) is 52.5 Å². The first kappa shape index (κ1) is 12.9. The summed E-state index contributed by atoms with van der Waals surface area (Å²) in [7, 11) is 0. The molecule has 0 saturated heterocycles. The van der Waals surface area contributed by atoms with Gasteiger partial charge in [0.15, 0.2) is 10.6 Å². The molecule has 2 rings (SSSR count). The summed E-state index contributed by atoms with van der Waals surface area (Å²) in [6.07, 6.45) is 1.79. The van der Waals surface area contributed by atoms with Gasteiger partial charge in [-0.3, -0.25) is 9.67 Å². The van der Waals surface area contributed by atoms with Gasteiger partial charge in [-0.25, -0.2) is 0 Å². The Morgan fingerprint density at radius 1 is 1.56 bits per heavy atom. The first-order valence-electron chi connectivity index (χ1n) is 5.45. The number of nitrogens with one attached hydrogen (secondary N) is 2. The third kappa shape index (κ3) is 3.00. The zero-order chi connectivity index (χ0) is 13.0. The minimum atomic E-state index is 0.571. The fourth-order valence-corrected chi connectivity index (χ4v) is 2.00. The lowest BCUT2D eigenvalue weighted by atomic mass is 10.3. The molecular weight excluding hydrogens is 268 g/mol. The van der Waals surface area contributed by atoms with E-state index in [4.69, 9.17) is 23.8 Å². The third-order valence-corrected chi connectivity index (χ3v) is 2.97. The lowest BCUT2D eigenvalue weighted by Crippen LogP contribution is -2.08. The number of nitrogens with zero attached hydrogens (tertiary/aromatic N) is 2. The Labute approximate surface area is 115 Å². The summed E-state index contributed by atoms with van der Waals surface area (Å²) in [5.41, 5.74) is 0.946. The van der Waals surface area contributed by atoms with Crippen molar-refractivity contribution in [1.82, 2.24) is 14.8 Å². The predicted molar refractivity (Wildman–Crippen MR) is 76.4 cm³/mol. The number of benzene rings is 1. The van der Waals surface area contributed by atoms with Gasteiger partial charge < -0.3 is 5.32 Å². The van der Waals surface area contributed by atoms with Crippen LogP contribution in [-0.4, -0.2) is 14.8 Å². The van der Waals surface area contributed by atoms with E-state index < -0.39 is 0 Å². The molecule has 0 amide bonds. The molecule has 0 unspecified atom stereocenters. The topological polar surface area (TPSA) is 45.6 Å². The van der Waals surface area contributed by atoms with Crippen LogP contribution in [0.25, 0.3) is 0 Å². The lowest BCUT2D eigenvalue weighted by Gasteiger charge is -2.07. The van der Waals surface area contributed by atoms with Gasteiger partial charge in [0.1, 0.15) is 0 Å². The van der Waals surface area contributed by atoms with Crippen LogP contribution in [-0.2, 0) is 13.1 Å². The van der Waals surface area contributed by atoms with Crippen LogP contribution in [0.1, 0.15) is 5.82 Å². The van der Waals surface area contributed by atoms with Gasteiger partial charge in [0, 0.05) is 17.3 Å². The molecule has 0 atom stereocenters. The second kappa shape index (κ2) is 5.84. The minimum Gasteiger partial charge on any atom is -0.378 e. The highest BCUT2D eigenvalue weighted by molar-refractivity contribution is 7.71. The van der Waals surface area contributed by atoms with Gasteiger partial charge in [0.05, 0.1) is 6.54 Å².